The highest BCUT2D eigenvalue weighted by Gasteiger charge is 2.20. The van der Waals surface area contributed by atoms with Crippen molar-refractivity contribution in [3.63, 3.8) is 0 Å². The van der Waals surface area contributed by atoms with Crippen molar-refractivity contribution in [1.29, 1.82) is 5.41 Å². The number of hydrogen-bond donors (Lipinski definition) is 2. The zero-order valence-corrected chi connectivity index (χ0v) is 14.2. The summed E-state index contributed by atoms with van der Waals surface area (Å²) in [6, 6.07) is 0. The molecule has 0 saturated carbocycles. The molecule has 1 aliphatic rings. The lowest BCUT2D eigenvalue weighted by Crippen LogP contribution is -2.35. The highest BCUT2D eigenvalue weighted by molar-refractivity contribution is 6.31. The van der Waals surface area contributed by atoms with Crippen LogP contribution in [0.25, 0.3) is 0 Å². The normalized spacial score (nSPS) is 13.2. The predicted molar refractivity (Wildman–Crippen MR) is 87.4 cm³/mol. The van der Waals surface area contributed by atoms with Crippen molar-refractivity contribution in [1.82, 2.24) is 14.5 Å². The van der Waals surface area contributed by atoms with Crippen molar-refractivity contribution in [3.8, 4) is 0 Å². The second kappa shape index (κ2) is 9.39. The molecule has 0 aromatic carbocycles. The number of H-pyrrole nitrogens is 1. The Bertz CT molecular complexity index is 543. The van der Waals surface area contributed by atoms with E-state index in [-0.39, 0.29) is 5.02 Å². The second-order valence-electron chi connectivity index (χ2n) is 4.05. The van der Waals surface area contributed by atoms with E-state index in [1.807, 2.05) is 32.6 Å². The van der Waals surface area contributed by atoms with Crippen LogP contribution in [0.3, 0.4) is 0 Å². The molecule has 1 aromatic rings. The number of aromatic amines is 1. The monoisotopic (exact) mass is 316 g/mol. The Morgan fingerprint density at radius 3 is 2.29 bits per heavy atom. The van der Waals surface area contributed by atoms with Crippen molar-refractivity contribution in [2.75, 3.05) is 6.54 Å². The van der Waals surface area contributed by atoms with E-state index in [0.717, 1.165) is 19.4 Å². The van der Waals surface area contributed by atoms with Crippen LogP contribution in [0.15, 0.2) is 9.59 Å². The lowest BCUT2D eigenvalue weighted by molar-refractivity contribution is 0.428. The Morgan fingerprint density at radius 1 is 1.24 bits per heavy atom. The van der Waals surface area contributed by atoms with Crippen molar-refractivity contribution in [2.24, 2.45) is 7.05 Å². The van der Waals surface area contributed by atoms with Crippen LogP contribution in [-0.4, -0.2) is 26.8 Å². The van der Waals surface area contributed by atoms with Crippen LogP contribution in [0.5, 0.6) is 0 Å². The third kappa shape index (κ3) is 4.74. The maximum absolute atomic E-state index is 11.4. The van der Waals surface area contributed by atoms with Gasteiger partial charge in [-0.3, -0.25) is 19.8 Å². The molecule has 0 aliphatic carbocycles. The topological polar surface area (TPSA) is 81.9 Å². The third-order valence-electron chi connectivity index (χ3n) is 2.95. The second-order valence-corrected chi connectivity index (χ2v) is 4.43. The molecule has 2 heterocycles. The maximum Gasteiger partial charge on any atom is 0.328 e. The Balaban J connectivity index is 0.000000921. The number of nitrogens with one attached hydrogen (secondary N) is 2. The minimum absolute atomic E-state index is 0.0202. The summed E-state index contributed by atoms with van der Waals surface area (Å²) in [5.74, 6) is 0.522. The van der Waals surface area contributed by atoms with Crippen molar-refractivity contribution >= 4 is 17.4 Å². The van der Waals surface area contributed by atoms with Crippen LogP contribution >= 0.6 is 11.6 Å². The molecule has 0 radical (unpaired) electrons. The van der Waals surface area contributed by atoms with Gasteiger partial charge in [0.1, 0.15) is 5.02 Å². The molecular formula is C14H25ClN4O2. The van der Waals surface area contributed by atoms with E-state index in [1.165, 1.54) is 4.57 Å². The summed E-state index contributed by atoms with van der Waals surface area (Å²) in [5, 5.41) is 7.73. The Labute approximate surface area is 130 Å². The van der Waals surface area contributed by atoms with Gasteiger partial charge in [0.15, 0.2) is 0 Å². The number of aromatic nitrogens is 2. The number of nitrogens with zero attached hydrogens (tertiary/aromatic N) is 2. The average molecular weight is 317 g/mol. The maximum atomic E-state index is 11.4. The molecule has 1 fully saturated rings. The summed E-state index contributed by atoms with van der Waals surface area (Å²) in [7, 11) is 1.55. The lowest BCUT2D eigenvalue weighted by Gasteiger charge is -2.19. The van der Waals surface area contributed by atoms with Crippen LogP contribution in [0.1, 0.15) is 46.2 Å². The number of rotatable bonds is 2. The summed E-state index contributed by atoms with van der Waals surface area (Å²) < 4.78 is 1.31. The summed E-state index contributed by atoms with van der Waals surface area (Å²) in [6.07, 6.45) is 1.66. The first-order chi connectivity index (χ1) is 10.0. The van der Waals surface area contributed by atoms with Gasteiger partial charge in [0, 0.05) is 20.0 Å². The zero-order chi connectivity index (χ0) is 16.6. The Morgan fingerprint density at radius 2 is 1.81 bits per heavy atom. The van der Waals surface area contributed by atoms with Crippen LogP contribution in [0.2, 0.25) is 5.02 Å². The fourth-order valence-corrected chi connectivity index (χ4v) is 2.13. The van der Waals surface area contributed by atoms with Gasteiger partial charge in [-0.2, -0.15) is 0 Å². The average Bonchev–Trinajstić information content (AvgIpc) is 2.91. The summed E-state index contributed by atoms with van der Waals surface area (Å²) >= 11 is 5.90. The summed E-state index contributed by atoms with van der Waals surface area (Å²) in [6.45, 7) is 9.09. The molecule has 2 rings (SSSR count). The van der Waals surface area contributed by atoms with Gasteiger partial charge < -0.3 is 4.90 Å². The molecule has 7 heteroatoms. The number of likely N-dealkylation sites (tertiary alicyclic amines) is 1. The van der Waals surface area contributed by atoms with Gasteiger partial charge in [0.2, 0.25) is 0 Å². The molecular weight excluding hydrogens is 292 g/mol. The highest BCUT2D eigenvalue weighted by Crippen LogP contribution is 2.16. The van der Waals surface area contributed by atoms with Gasteiger partial charge in [0.05, 0.1) is 18.1 Å². The third-order valence-corrected chi connectivity index (χ3v) is 3.34. The standard InChI is InChI=1S/C10H13ClN4O2.2C2H6/c1-14-6(5-15-4-2-3-7(15)12)8(11)9(16)13-10(14)17;2*1-2/h12H,2-5H2,1H3,(H,13,16,17);2*1-2H3. The van der Waals surface area contributed by atoms with E-state index in [2.05, 4.69) is 4.98 Å². The summed E-state index contributed by atoms with van der Waals surface area (Å²) in [4.78, 5) is 26.8. The van der Waals surface area contributed by atoms with Gasteiger partial charge in [0.25, 0.3) is 5.56 Å². The van der Waals surface area contributed by atoms with Gasteiger partial charge >= 0.3 is 5.69 Å². The van der Waals surface area contributed by atoms with Crippen molar-refractivity contribution in [3.05, 3.63) is 31.6 Å². The fraction of sp³-hybridized carbons (Fsp3) is 0.643. The zero-order valence-electron chi connectivity index (χ0n) is 13.4. The number of halogens is 1. The van der Waals surface area contributed by atoms with E-state index in [4.69, 9.17) is 17.0 Å². The first-order valence-electron chi connectivity index (χ1n) is 7.30. The SMILES string of the molecule is CC.CC.Cn1c(CN2CCCC2=N)c(Cl)c(=O)[nH]c1=O. The van der Waals surface area contributed by atoms with E-state index < -0.39 is 11.2 Å². The van der Waals surface area contributed by atoms with E-state index in [1.54, 1.807) is 7.05 Å². The molecule has 0 spiro atoms. The van der Waals surface area contributed by atoms with E-state index in [9.17, 15) is 9.59 Å². The quantitative estimate of drug-likeness (QED) is 0.878. The smallest absolute Gasteiger partial charge is 0.328 e. The molecule has 0 atom stereocenters. The molecule has 0 bridgehead atoms. The van der Waals surface area contributed by atoms with Gasteiger partial charge in [-0.05, 0) is 6.42 Å². The molecule has 21 heavy (non-hydrogen) atoms. The van der Waals surface area contributed by atoms with Gasteiger partial charge in [-0.15, -0.1) is 0 Å². The predicted octanol–water partition coefficient (Wildman–Crippen LogP) is 2.35. The molecule has 1 saturated heterocycles. The van der Waals surface area contributed by atoms with Crippen LogP contribution in [0.4, 0.5) is 0 Å². The number of hydrogen-bond acceptors (Lipinski definition) is 3. The van der Waals surface area contributed by atoms with E-state index in [0.29, 0.717) is 18.1 Å². The number of amidine groups is 1. The highest BCUT2D eigenvalue weighted by atomic mass is 35.5. The van der Waals surface area contributed by atoms with Crippen LogP contribution in [-0.2, 0) is 13.6 Å². The minimum Gasteiger partial charge on any atom is -0.355 e. The molecule has 0 unspecified atom stereocenters. The van der Waals surface area contributed by atoms with Crippen molar-refractivity contribution < 1.29 is 0 Å². The molecule has 1 aromatic heterocycles. The largest absolute Gasteiger partial charge is 0.355 e. The van der Waals surface area contributed by atoms with E-state index >= 15 is 0 Å². The van der Waals surface area contributed by atoms with Gasteiger partial charge in [-0.1, -0.05) is 39.3 Å². The minimum atomic E-state index is -0.574. The van der Waals surface area contributed by atoms with Crippen LogP contribution < -0.4 is 11.2 Å². The first kappa shape index (κ1) is 19.4. The van der Waals surface area contributed by atoms with Gasteiger partial charge in [-0.25, -0.2) is 4.79 Å². The van der Waals surface area contributed by atoms with Crippen LogP contribution in [0, 0.1) is 5.41 Å². The first-order valence-corrected chi connectivity index (χ1v) is 7.68. The summed E-state index contributed by atoms with van der Waals surface area (Å²) in [5.41, 5.74) is -0.609. The fourth-order valence-electron chi connectivity index (χ4n) is 1.90. The Hall–Kier alpha value is -1.56. The van der Waals surface area contributed by atoms with Crippen molar-refractivity contribution in [2.45, 2.75) is 47.1 Å². The Kier molecular flexibility index (Phi) is 8.69. The molecule has 6 nitrogen and oxygen atoms in total. The molecule has 120 valence electrons. The molecule has 2 N–H and O–H groups in total. The molecule has 1 aliphatic heterocycles. The lowest BCUT2D eigenvalue weighted by atomic mass is 10.3. The molecule has 0 amide bonds.